The Labute approximate surface area is 187 Å². The molecule has 0 unspecified atom stereocenters. The fraction of sp³-hybridized carbons (Fsp3) is 0.308. The first kappa shape index (κ1) is 22.6. The molecule has 1 aliphatic heterocycles. The summed E-state index contributed by atoms with van der Waals surface area (Å²) in [4.78, 5) is 0. The van der Waals surface area contributed by atoms with E-state index in [-0.39, 0.29) is 17.4 Å². The van der Waals surface area contributed by atoms with Crippen LogP contribution in [-0.4, -0.2) is 21.1 Å². The predicted molar refractivity (Wildman–Crippen MR) is 120 cm³/mol. The van der Waals surface area contributed by atoms with E-state index in [4.69, 9.17) is 17.3 Å². The summed E-state index contributed by atoms with van der Waals surface area (Å²) in [5, 5.41) is 0. The van der Waals surface area contributed by atoms with E-state index in [1.807, 2.05) is 0 Å². The average molecular weight is 436 g/mol. The molecule has 0 amide bonds. The lowest BCUT2D eigenvalue weighted by atomic mass is 9.93. The number of hydrogen-bond acceptors (Lipinski definition) is 2. The zero-order chi connectivity index (χ0) is 22.7. The second kappa shape index (κ2) is 9.93. The maximum Gasteiger partial charge on any atom is 0.183 e. The Morgan fingerprint density at radius 1 is 0.844 bits per heavy atom. The van der Waals surface area contributed by atoms with Gasteiger partial charge in [-0.1, -0.05) is 68.2 Å². The Bertz CT molecular complexity index is 1080. The van der Waals surface area contributed by atoms with E-state index in [0.29, 0.717) is 41.4 Å². The van der Waals surface area contributed by atoms with Gasteiger partial charge in [-0.15, -0.1) is 0 Å². The van der Waals surface area contributed by atoms with Crippen LogP contribution in [0.5, 0.6) is 0 Å². The van der Waals surface area contributed by atoms with Gasteiger partial charge in [0.2, 0.25) is 0 Å². The second-order valence-corrected chi connectivity index (χ2v) is 8.07. The molecule has 3 aromatic rings. The van der Waals surface area contributed by atoms with E-state index < -0.39 is 23.7 Å². The Morgan fingerprint density at radius 3 is 2.06 bits per heavy atom. The van der Waals surface area contributed by atoms with Gasteiger partial charge in [0.25, 0.3) is 0 Å². The SMILES string of the molecule is [B]Cc1ccc(-c2ccc(-c3ccc(C4OCC(CCC)CO4)cc3F)cc2)c(F)c1F. The second-order valence-electron chi connectivity index (χ2n) is 8.07. The van der Waals surface area contributed by atoms with Gasteiger partial charge in [-0.2, -0.15) is 0 Å². The molecule has 1 fully saturated rings. The molecular weight excluding hydrogens is 412 g/mol. The molecule has 4 rings (SSSR count). The number of benzene rings is 3. The van der Waals surface area contributed by atoms with E-state index in [0.717, 1.165) is 12.8 Å². The summed E-state index contributed by atoms with van der Waals surface area (Å²) in [6.45, 7) is 3.33. The summed E-state index contributed by atoms with van der Waals surface area (Å²) in [6, 6.07) is 14.5. The molecule has 1 heterocycles. The third kappa shape index (κ3) is 4.62. The van der Waals surface area contributed by atoms with Gasteiger partial charge >= 0.3 is 0 Å². The largest absolute Gasteiger partial charge is 0.348 e. The highest BCUT2D eigenvalue weighted by Crippen LogP contribution is 2.32. The number of hydrogen-bond donors (Lipinski definition) is 0. The Balaban J connectivity index is 1.52. The Hall–Kier alpha value is -2.57. The lowest BCUT2D eigenvalue weighted by molar-refractivity contribution is -0.206. The molecule has 0 saturated carbocycles. The molecule has 2 nitrogen and oxygen atoms in total. The molecule has 6 heteroatoms. The lowest BCUT2D eigenvalue weighted by Gasteiger charge is -2.29. The third-order valence-electron chi connectivity index (χ3n) is 5.82. The smallest absolute Gasteiger partial charge is 0.183 e. The summed E-state index contributed by atoms with van der Waals surface area (Å²) >= 11 is 0. The first-order valence-electron chi connectivity index (χ1n) is 10.8. The van der Waals surface area contributed by atoms with Gasteiger partial charge in [0.05, 0.1) is 21.1 Å². The van der Waals surface area contributed by atoms with Crippen LogP contribution < -0.4 is 0 Å². The van der Waals surface area contributed by atoms with Crippen molar-refractivity contribution in [3.8, 4) is 22.3 Å². The molecule has 32 heavy (non-hydrogen) atoms. The highest BCUT2D eigenvalue weighted by atomic mass is 19.2. The van der Waals surface area contributed by atoms with Crippen LogP contribution >= 0.6 is 0 Å². The molecule has 1 saturated heterocycles. The van der Waals surface area contributed by atoms with Gasteiger partial charge in [0.15, 0.2) is 17.9 Å². The molecule has 0 aliphatic carbocycles. The molecule has 0 N–H and O–H groups in total. The summed E-state index contributed by atoms with van der Waals surface area (Å²) in [5.41, 5.74) is 2.43. The average Bonchev–Trinajstić information content (AvgIpc) is 2.82. The van der Waals surface area contributed by atoms with E-state index in [9.17, 15) is 13.2 Å². The normalized spacial score (nSPS) is 18.6. The quantitative estimate of drug-likeness (QED) is 0.407. The van der Waals surface area contributed by atoms with Crippen molar-refractivity contribution in [2.24, 2.45) is 5.92 Å². The van der Waals surface area contributed by atoms with E-state index in [2.05, 4.69) is 6.92 Å². The molecule has 2 radical (unpaired) electrons. The predicted octanol–water partition coefficient (Wildman–Crippen LogP) is 6.57. The van der Waals surface area contributed by atoms with E-state index in [1.165, 1.54) is 18.2 Å². The van der Waals surface area contributed by atoms with Crippen LogP contribution in [0.15, 0.2) is 54.6 Å². The van der Waals surface area contributed by atoms with Crippen LogP contribution in [-0.2, 0) is 15.8 Å². The van der Waals surface area contributed by atoms with Crippen molar-refractivity contribution in [1.29, 1.82) is 0 Å². The Morgan fingerprint density at radius 2 is 1.47 bits per heavy atom. The molecule has 0 bridgehead atoms. The summed E-state index contributed by atoms with van der Waals surface area (Å²) in [7, 11) is 5.43. The molecule has 3 aromatic carbocycles. The van der Waals surface area contributed by atoms with Gasteiger partial charge in [-0.3, -0.25) is 0 Å². The topological polar surface area (TPSA) is 18.5 Å². The minimum Gasteiger partial charge on any atom is -0.348 e. The van der Waals surface area contributed by atoms with E-state index in [1.54, 1.807) is 36.4 Å². The minimum atomic E-state index is -0.941. The van der Waals surface area contributed by atoms with Crippen molar-refractivity contribution in [3.63, 3.8) is 0 Å². The third-order valence-corrected chi connectivity index (χ3v) is 5.82. The maximum atomic E-state index is 14.9. The summed E-state index contributed by atoms with van der Waals surface area (Å²) < 4.78 is 54.9. The standard InChI is InChI=1S/C26H24BF3O2/c1-2-3-16-14-31-26(32-15-16)19-8-10-21(23(28)12-19)17-4-6-18(7-5-17)22-11-9-20(13-27)24(29)25(22)30/h4-12,16,26H,2-3,13-15H2,1H3. The van der Waals surface area contributed by atoms with Crippen molar-refractivity contribution in [3.05, 3.63) is 83.2 Å². The van der Waals surface area contributed by atoms with Crippen LogP contribution in [0.1, 0.15) is 37.2 Å². The fourth-order valence-corrected chi connectivity index (χ4v) is 4.02. The van der Waals surface area contributed by atoms with E-state index >= 15 is 0 Å². The maximum absolute atomic E-state index is 14.9. The van der Waals surface area contributed by atoms with Gasteiger partial charge in [0, 0.05) is 22.6 Å². The number of ether oxygens (including phenoxy) is 2. The highest BCUT2D eigenvalue weighted by Gasteiger charge is 2.24. The van der Waals surface area contributed by atoms with Gasteiger partial charge in [-0.25, -0.2) is 13.2 Å². The molecule has 0 spiro atoms. The van der Waals surface area contributed by atoms with Crippen LogP contribution in [0.25, 0.3) is 22.3 Å². The van der Waals surface area contributed by atoms with Crippen LogP contribution in [0.2, 0.25) is 0 Å². The Kier molecular flexibility index (Phi) is 7.02. The monoisotopic (exact) mass is 436 g/mol. The van der Waals surface area contributed by atoms with Crippen molar-refractivity contribution >= 4 is 7.85 Å². The number of halogens is 3. The fourth-order valence-electron chi connectivity index (χ4n) is 4.02. The molecular formula is C26H24BF3O2. The first-order chi connectivity index (χ1) is 15.5. The minimum absolute atomic E-state index is 0.0759. The molecule has 1 aliphatic rings. The molecule has 0 aromatic heterocycles. The van der Waals surface area contributed by atoms with Crippen molar-refractivity contribution in [1.82, 2.24) is 0 Å². The van der Waals surface area contributed by atoms with Crippen molar-refractivity contribution in [2.75, 3.05) is 13.2 Å². The van der Waals surface area contributed by atoms with Crippen LogP contribution in [0.3, 0.4) is 0 Å². The van der Waals surface area contributed by atoms with Crippen LogP contribution in [0, 0.1) is 23.4 Å². The molecule has 0 atom stereocenters. The van der Waals surface area contributed by atoms with Crippen molar-refractivity contribution < 1.29 is 22.6 Å². The van der Waals surface area contributed by atoms with Gasteiger partial charge < -0.3 is 9.47 Å². The lowest BCUT2D eigenvalue weighted by Crippen LogP contribution is -2.27. The van der Waals surface area contributed by atoms with Gasteiger partial charge in [0.1, 0.15) is 5.82 Å². The number of rotatable bonds is 6. The molecule has 164 valence electrons. The van der Waals surface area contributed by atoms with Gasteiger partial charge in [-0.05, 0) is 29.2 Å². The zero-order valence-electron chi connectivity index (χ0n) is 17.9. The first-order valence-corrected chi connectivity index (χ1v) is 10.8. The summed E-state index contributed by atoms with van der Waals surface area (Å²) in [6.07, 6.45) is 1.48. The van der Waals surface area contributed by atoms with Crippen molar-refractivity contribution in [2.45, 2.75) is 32.4 Å². The zero-order valence-corrected chi connectivity index (χ0v) is 17.9. The highest BCUT2D eigenvalue weighted by molar-refractivity contribution is 6.08. The van der Waals surface area contributed by atoms with Crippen LogP contribution in [0.4, 0.5) is 13.2 Å². The summed E-state index contributed by atoms with van der Waals surface area (Å²) in [5.74, 6) is -1.90.